The SMILES string of the molecule is Oc1cn(-c2ccc(F)cc2)nc1-c1ccc(Cl)cc1. The molecule has 0 atom stereocenters. The highest BCUT2D eigenvalue weighted by Gasteiger charge is 2.11. The Kier molecular flexibility index (Phi) is 3.16. The molecule has 0 bridgehead atoms. The van der Waals surface area contributed by atoms with Crippen molar-refractivity contribution >= 4 is 11.6 Å². The highest BCUT2D eigenvalue weighted by atomic mass is 35.5. The first-order valence-corrected chi connectivity index (χ1v) is 6.32. The minimum atomic E-state index is -0.317. The molecule has 1 aromatic heterocycles. The number of halogens is 2. The van der Waals surface area contributed by atoms with E-state index in [-0.39, 0.29) is 11.6 Å². The number of hydrogen-bond donors (Lipinski definition) is 1. The van der Waals surface area contributed by atoms with E-state index in [1.54, 1.807) is 36.4 Å². The second-order valence-corrected chi connectivity index (χ2v) is 4.73. The lowest BCUT2D eigenvalue weighted by Crippen LogP contribution is -1.94. The minimum absolute atomic E-state index is 0.0525. The van der Waals surface area contributed by atoms with Gasteiger partial charge in [-0.05, 0) is 36.4 Å². The summed E-state index contributed by atoms with van der Waals surface area (Å²) in [5.41, 5.74) is 1.88. The number of nitrogens with zero attached hydrogens (tertiary/aromatic N) is 2. The number of aromatic hydroxyl groups is 1. The molecule has 3 rings (SSSR count). The zero-order valence-corrected chi connectivity index (χ0v) is 11.0. The van der Waals surface area contributed by atoms with Gasteiger partial charge in [0.25, 0.3) is 0 Å². The molecule has 3 aromatic rings. The monoisotopic (exact) mass is 288 g/mol. The molecule has 1 heterocycles. The van der Waals surface area contributed by atoms with Gasteiger partial charge < -0.3 is 5.11 Å². The summed E-state index contributed by atoms with van der Waals surface area (Å²) in [5, 5.41) is 14.9. The lowest BCUT2D eigenvalue weighted by Gasteiger charge is -2.00. The van der Waals surface area contributed by atoms with Crippen LogP contribution < -0.4 is 0 Å². The molecule has 0 saturated heterocycles. The predicted molar refractivity (Wildman–Crippen MR) is 75.6 cm³/mol. The van der Waals surface area contributed by atoms with Crippen molar-refractivity contribution in [2.24, 2.45) is 0 Å². The molecular weight excluding hydrogens is 279 g/mol. The first-order valence-electron chi connectivity index (χ1n) is 5.94. The van der Waals surface area contributed by atoms with Gasteiger partial charge in [0.2, 0.25) is 0 Å². The van der Waals surface area contributed by atoms with E-state index in [1.807, 2.05) is 0 Å². The summed E-state index contributed by atoms with van der Waals surface area (Å²) in [6.45, 7) is 0. The average molecular weight is 289 g/mol. The molecule has 0 unspecified atom stereocenters. The van der Waals surface area contributed by atoms with E-state index in [2.05, 4.69) is 5.10 Å². The lowest BCUT2D eigenvalue weighted by atomic mass is 10.1. The Morgan fingerprint density at radius 2 is 1.65 bits per heavy atom. The predicted octanol–water partition coefficient (Wildman–Crippen LogP) is 4.04. The second kappa shape index (κ2) is 4.98. The first kappa shape index (κ1) is 12.7. The van der Waals surface area contributed by atoms with E-state index < -0.39 is 0 Å². The van der Waals surface area contributed by atoms with Crippen molar-refractivity contribution in [3.05, 3.63) is 65.6 Å². The summed E-state index contributed by atoms with van der Waals surface area (Å²) in [6.07, 6.45) is 1.48. The number of aromatic nitrogens is 2. The Hall–Kier alpha value is -2.33. The molecule has 1 N–H and O–H groups in total. The van der Waals surface area contributed by atoms with Crippen molar-refractivity contribution in [3.63, 3.8) is 0 Å². The highest BCUT2D eigenvalue weighted by molar-refractivity contribution is 6.30. The highest BCUT2D eigenvalue weighted by Crippen LogP contribution is 2.29. The van der Waals surface area contributed by atoms with Crippen LogP contribution in [0.1, 0.15) is 0 Å². The van der Waals surface area contributed by atoms with E-state index in [0.29, 0.717) is 16.4 Å². The maximum atomic E-state index is 12.9. The molecule has 0 radical (unpaired) electrons. The quantitative estimate of drug-likeness (QED) is 0.773. The van der Waals surface area contributed by atoms with Crippen LogP contribution in [-0.2, 0) is 0 Å². The van der Waals surface area contributed by atoms with Crippen LogP contribution in [0, 0.1) is 5.82 Å². The van der Waals surface area contributed by atoms with Gasteiger partial charge in [-0.15, -0.1) is 0 Å². The first-order chi connectivity index (χ1) is 9.63. The maximum absolute atomic E-state index is 12.9. The fraction of sp³-hybridized carbons (Fsp3) is 0. The Morgan fingerprint density at radius 3 is 2.30 bits per heavy atom. The third kappa shape index (κ3) is 2.38. The topological polar surface area (TPSA) is 38.0 Å². The Morgan fingerprint density at radius 1 is 1.00 bits per heavy atom. The molecule has 3 nitrogen and oxygen atoms in total. The number of rotatable bonds is 2. The standard InChI is InChI=1S/C15H10ClFN2O/c16-11-3-1-10(2-4-11)15-14(20)9-19(18-15)13-7-5-12(17)6-8-13/h1-9,20H. The van der Waals surface area contributed by atoms with Crippen LogP contribution in [0.5, 0.6) is 5.75 Å². The smallest absolute Gasteiger partial charge is 0.162 e. The van der Waals surface area contributed by atoms with Crippen LogP contribution in [0.15, 0.2) is 54.7 Å². The summed E-state index contributed by atoms with van der Waals surface area (Å²) in [4.78, 5) is 0. The van der Waals surface area contributed by atoms with Crippen molar-refractivity contribution in [1.29, 1.82) is 0 Å². The molecule has 0 saturated carbocycles. The molecule has 0 aliphatic carbocycles. The van der Waals surface area contributed by atoms with Crippen molar-refractivity contribution in [2.75, 3.05) is 0 Å². The maximum Gasteiger partial charge on any atom is 0.162 e. The Bertz CT molecular complexity index is 736. The number of hydrogen-bond acceptors (Lipinski definition) is 2. The van der Waals surface area contributed by atoms with Crippen molar-refractivity contribution in [3.8, 4) is 22.7 Å². The van der Waals surface area contributed by atoms with Crippen LogP contribution >= 0.6 is 11.6 Å². The van der Waals surface area contributed by atoms with Crippen LogP contribution in [-0.4, -0.2) is 14.9 Å². The Labute approximate surface area is 119 Å². The summed E-state index contributed by atoms with van der Waals surface area (Å²) in [7, 11) is 0. The van der Waals surface area contributed by atoms with Crippen LogP contribution in [0.2, 0.25) is 5.02 Å². The summed E-state index contributed by atoms with van der Waals surface area (Å²) in [6, 6.07) is 12.9. The third-order valence-corrected chi connectivity index (χ3v) is 3.16. The minimum Gasteiger partial charge on any atom is -0.504 e. The summed E-state index contributed by atoms with van der Waals surface area (Å²) < 4.78 is 14.4. The van der Waals surface area contributed by atoms with E-state index in [9.17, 15) is 9.50 Å². The van der Waals surface area contributed by atoms with Gasteiger partial charge in [0.1, 0.15) is 11.5 Å². The summed E-state index contributed by atoms with van der Waals surface area (Å²) in [5.74, 6) is -0.264. The number of benzene rings is 2. The van der Waals surface area contributed by atoms with E-state index in [4.69, 9.17) is 11.6 Å². The van der Waals surface area contributed by atoms with Crippen molar-refractivity contribution in [1.82, 2.24) is 9.78 Å². The Balaban J connectivity index is 2.02. The largest absolute Gasteiger partial charge is 0.504 e. The van der Waals surface area contributed by atoms with Gasteiger partial charge in [-0.25, -0.2) is 9.07 Å². The zero-order chi connectivity index (χ0) is 14.1. The average Bonchev–Trinajstić information content (AvgIpc) is 2.82. The molecule has 0 aliphatic heterocycles. The van der Waals surface area contributed by atoms with Crippen LogP contribution in [0.4, 0.5) is 4.39 Å². The second-order valence-electron chi connectivity index (χ2n) is 4.29. The molecule has 0 spiro atoms. The van der Waals surface area contributed by atoms with Crippen molar-refractivity contribution in [2.45, 2.75) is 0 Å². The van der Waals surface area contributed by atoms with E-state index >= 15 is 0 Å². The molecule has 100 valence electrons. The summed E-state index contributed by atoms with van der Waals surface area (Å²) >= 11 is 5.83. The fourth-order valence-electron chi connectivity index (χ4n) is 1.90. The van der Waals surface area contributed by atoms with Gasteiger partial charge in [-0.2, -0.15) is 5.10 Å². The van der Waals surface area contributed by atoms with Crippen molar-refractivity contribution < 1.29 is 9.50 Å². The van der Waals surface area contributed by atoms with Gasteiger partial charge in [0.15, 0.2) is 5.75 Å². The van der Waals surface area contributed by atoms with Gasteiger partial charge in [-0.3, -0.25) is 0 Å². The molecule has 0 amide bonds. The van der Waals surface area contributed by atoms with E-state index in [0.717, 1.165) is 5.56 Å². The van der Waals surface area contributed by atoms with Crippen LogP contribution in [0.3, 0.4) is 0 Å². The molecule has 0 fully saturated rings. The molecule has 5 heteroatoms. The third-order valence-electron chi connectivity index (χ3n) is 2.90. The van der Waals surface area contributed by atoms with Gasteiger partial charge in [0, 0.05) is 10.6 Å². The normalized spacial score (nSPS) is 10.7. The van der Waals surface area contributed by atoms with Crippen LogP contribution in [0.25, 0.3) is 16.9 Å². The molecular formula is C15H10ClFN2O. The molecule has 20 heavy (non-hydrogen) atoms. The molecule has 2 aromatic carbocycles. The van der Waals surface area contributed by atoms with Gasteiger partial charge in [-0.1, -0.05) is 23.7 Å². The van der Waals surface area contributed by atoms with Gasteiger partial charge >= 0.3 is 0 Å². The fourth-order valence-corrected chi connectivity index (χ4v) is 2.03. The molecule has 0 aliphatic rings. The lowest BCUT2D eigenvalue weighted by molar-refractivity contribution is 0.477. The zero-order valence-electron chi connectivity index (χ0n) is 10.3. The van der Waals surface area contributed by atoms with E-state index in [1.165, 1.54) is 23.0 Å². The van der Waals surface area contributed by atoms with Gasteiger partial charge in [0.05, 0.1) is 11.9 Å².